The SMILES string of the molecule is Cn1c(C(O)(c2ccccc2F)c2ccccc2F)nc2cc(F)c(S(N)(=O)=O)cc21. The molecule has 0 saturated carbocycles. The lowest BCUT2D eigenvalue weighted by Crippen LogP contribution is -2.34. The molecule has 3 N–H and O–H groups in total. The van der Waals surface area contributed by atoms with E-state index in [9.17, 15) is 26.7 Å². The highest BCUT2D eigenvalue weighted by Gasteiger charge is 2.42. The Morgan fingerprint density at radius 1 is 0.935 bits per heavy atom. The minimum atomic E-state index is -4.38. The lowest BCUT2D eigenvalue weighted by molar-refractivity contribution is 0.104. The van der Waals surface area contributed by atoms with E-state index in [4.69, 9.17) is 5.14 Å². The maximum atomic E-state index is 14.8. The van der Waals surface area contributed by atoms with Gasteiger partial charge in [-0.25, -0.2) is 31.7 Å². The van der Waals surface area contributed by atoms with Gasteiger partial charge in [-0.05, 0) is 18.2 Å². The quantitative estimate of drug-likeness (QED) is 0.503. The molecule has 31 heavy (non-hydrogen) atoms. The molecule has 0 spiro atoms. The summed E-state index contributed by atoms with van der Waals surface area (Å²) in [7, 11) is -2.98. The van der Waals surface area contributed by atoms with Gasteiger partial charge in [-0.1, -0.05) is 36.4 Å². The normalized spacial score (nSPS) is 12.5. The molecule has 4 rings (SSSR count). The fraction of sp³-hybridized carbons (Fsp3) is 0.0952. The van der Waals surface area contributed by atoms with Crippen molar-refractivity contribution in [3.63, 3.8) is 0 Å². The molecular formula is C21H16F3N3O3S. The number of aromatic nitrogens is 2. The Kier molecular flexibility index (Phi) is 4.88. The van der Waals surface area contributed by atoms with Crippen LogP contribution in [0.15, 0.2) is 65.6 Å². The summed E-state index contributed by atoms with van der Waals surface area (Å²) in [5.41, 5.74) is -2.93. The zero-order chi connectivity index (χ0) is 22.6. The van der Waals surface area contributed by atoms with E-state index in [0.717, 1.165) is 24.3 Å². The van der Waals surface area contributed by atoms with Crippen molar-refractivity contribution in [2.75, 3.05) is 0 Å². The summed E-state index contributed by atoms with van der Waals surface area (Å²) < 4.78 is 68.6. The number of imidazole rings is 1. The Labute approximate surface area is 175 Å². The molecule has 0 atom stereocenters. The molecule has 4 aromatic rings. The van der Waals surface area contributed by atoms with Crippen LogP contribution in [0.5, 0.6) is 0 Å². The zero-order valence-corrected chi connectivity index (χ0v) is 16.9. The summed E-state index contributed by atoms with van der Waals surface area (Å²) >= 11 is 0. The van der Waals surface area contributed by atoms with Crippen LogP contribution < -0.4 is 5.14 Å². The van der Waals surface area contributed by atoms with Gasteiger partial charge in [0.05, 0.1) is 11.0 Å². The number of sulfonamides is 1. The number of primary sulfonamides is 1. The molecule has 6 nitrogen and oxygen atoms in total. The van der Waals surface area contributed by atoms with Gasteiger partial charge in [-0.15, -0.1) is 0 Å². The van der Waals surface area contributed by atoms with Gasteiger partial charge in [-0.2, -0.15) is 0 Å². The number of benzene rings is 3. The summed E-state index contributed by atoms with van der Waals surface area (Å²) in [5, 5.41) is 16.8. The summed E-state index contributed by atoms with van der Waals surface area (Å²) in [6.07, 6.45) is 0. The average molecular weight is 447 g/mol. The van der Waals surface area contributed by atoms with Crippen molar-refractivity contribution >= 4 is 21.1 Å². The number of nitrogens with zero attached hydrogens (tertiary/aromatic N) is 2. The highest BCUT2D eigenvalue weighted by molar-refractivity contribution is 7.89. The number of nitrogens with two attached hydrogens (primary N) is 1. The second kappa shape index (κ2) is 7.19. The lowest BCUT2D eigenvalue weighted by Gasteiger charge is -2.29. The van der Waals surface area contributed by atoms with Crippen molar-refractivity contribution in [1.82, 2.24) is 9.55 Å². The smallest absolute Gasteiger partial charge is 0.241 e. The summed E-state index contributed by atoms with van der Waals surface area (Å²) in [4.78, 5) is 3.44. The van der Waals surface area contributed by atoms with Crippen LogP contribution in [0.4, 0.5) is 13.2 Å². The van der Waals surface area contributed by atoms with E-state index in [0.29, 0.717) is 0 Å². The van der Waals surface area contributed by atoms with Gasteiger partial charge in [0.1, 0.15) is 22.3 Å². The molecule has 0 unspecified atom stereocenters. The van der Waals surface area contributed by atoms with Crippen LogP contribution in [-0.4, -0.2) is 23.1 Å². The third-order valence-corrected chi connectivity index (χ3v) is 6.02. The molecule has 0 amide bonds. The van der Waals surface area contributed by atoms with Gasteiger partial charge in [-0.3, -0.25) is 0 Å². The van der Waals surface area contributed by atoms with Crippen molar-refractivity contribution in [1.29, 1.82) is 0 Å². The predicted octanol–water partition coefficient (Wildman–Crippen LogP) is 2.92. The third kappa shape index (κ3) is 3.29. The molecule has 0 radical (unpaired) electrons. The summed E-state index contributed by atoms with van der Waals surface area (Å²) in [5.74, 6) is -3.03. The molecular weight excluding hydrogens is 431 g/mol. The van der Waals surface area contributed by atoms with Crippen LogP contribution in [-0.2, 0) is 22.7 Å². The average Bonchev–Trinajstić information content (AvgIpc) is 3.03. The van der Waals surface area contributed by atoms with Crippen LogP contribution in [0.2, 0.25) is 0 Å². The first-order valence-corrected chi connectivity index (χ1v) is 10.5. The molecule has 3 aromatic carbocycles. The first-order valence-electron chi connectivity index (χ1n) is 8.96. The van der Waals surface area contributed by atoms with Crippen LogP contribution in [0.3, 0.4) is 0 Å². The number of aryl methyl sites for hydroxylation is 1. The first-order chi connectivity index (χ1) is 14.5. The minimum absolute atomic E-state index is 0.0338. The number of hydrogen-bond donors (Lipinski definition) is 2. The summed E-state index contributed by atoms with van der Waals surface area (Å²) in [6.45, 7) is 0. The van der Waals surface area contributed by atoms with Crippen LogP contribution in [0, 0.1) is 17.5 Å². The van der Waals surface area contributed by atoms with Gasteiger partial charge >= 0.3 is 0 Å². The van der Waals surface area contributed by atoms with Gasteiger partial charge in [0.2, 0.25) is 10.0 Å². The van der Waals surface area contributed by atoms with Crippen LogP contribution in [0.1, 0.15) is 17.0 Å². The van der Waals surface area contributed by atoms with E-state index in [2.05, 4.69) is 4.98 Å². The van der Waals surface area contributed by atoms with Gasteiger partial charge < -0.3 is 9.67 Å². The molecule has 0 fully saturated rings. The lowest BCUT2D eigenvalue weighted by atomic mass is 9.84. The number of halogens is 3. The molecule has 0 aliphatic heterocycles. The van der Waals surface area contributed by atoms with Gasteiger partial charge in [0, 0.05) is 24.2 Å². The molecule has 0 saturated heterocycles. The molecule has 10 heteroatoms. The Hall–Kier alpha value is -3.21. The predicted molar refractivity (Wildman–Crippen MR) is 107 cm³/mol. The van der Waals surface area contributed by atoms with E-state index in [1.54, 1.807) is 0 Å². The Morgan fingerprint density at radius 3 is 1.94 bits per heavy atom. The Morgan fingerprint density at radius 2 is 1.45 bits per heavy atom. The van der Waals surface area contributed by atoms with Crippen molar-refractivity contribution in [2.45, 2.75) is 10.5 Å². The minimum Gasteiger partial charge on any atom is -0.373 e. The maximum Gasteiger partial charge on any atom is 0.241 e. The molecule has 0 aliphatic carbocycles. The monoisotopic (exact) mass is 447 g/mol. The third-order valence-electron chi connectivity index (χ3n) is 5.09. The largest absolute Gasteiger partial charge is 0.373 e. The van der Waals surface area contributed by atoms with E-state index in [1.165, 1.54) is 48.0 Å². The van der Waals surface area contributed by atoms with Crippen molar-refractivity contribution in [2.24, 2.45) is 12.2 Å². The Bertz CT molecular complexity index is 1390. The second-order valence-electron chi connectivity index (χ2n) is 6.98. The van der Waals surface area contributed by atoms with E-state index in [-0.39, 0.29) is 28.0 Å². The Balaban J connectivity index is 2.11. The van der Waals surface area contributed by atoms with Crippen LogP contribution >= 0.6 is 0 Å². The topological polar surface area (TPSA) is 98.2 Å². The van der Waals surface area contributed by atoms with E-state index >= 15 is 0 Å². The molecule has 1 heterocycles. The highest BCUT2D eigenvalue weighted by Crippen LogP contribution is 2.40. The molecule has 160 valence electrons. The number of aliphatic hydroxyl groups is 1. The van der Waals surface area contributed by atoms with E-state index < -0.39 is 38.0 Å². The number of hydrogen-bond acceptors (Lipinski definition) is 4. The second-order valence-corrected chi connectivity index (χ2v) is 8.51. The number of rotatable bonds is 4. The molecule has 1 aromatic heterocycles. The van der Waals surface area contributed by atoms with Crippen LogP contribution in [0.25, 0.3) is 11.0 Å². The standard InChI is InChI=1S/C21H16F3N3O3S/c1-27-18-11-19(31(25,29)30)16(24)10-17(18)26-20(27)21(28,12-6-2-4-8-14(12)22)13-7-3-5-9-15(13)23/h2-11,28H,1H3,(H2,25,29,30). The first kappa shape index (κ1) is 21.0. The molecule has 0 bridgehead atoms. The highest BCUT2D eigenvalue weighted by atomic mass is 32.2. The van der Waals surface area contributed by atoms with E-state index in [1.807, 2.05) is 0 Å². The van der Waals surface area contributed by atoms with Crippen molar-refractivity contribution < 1.29 is 26.7 Å². The maximum absolute atomic E-state index is 14.8. The summed E-state index contributed by atoms with van der Waals surface area (Å²) in [6, 6.07) is 12.3. The molecule has 0 aliphatic rings. The van der Waals surface area contributed by atoms with Crippen molar-refractivity contribution in [3.05, 3.63) is 95.1 Å². The van der Waals surface area contributed by atoms with Gasteiger partial charge in [0.15, 0.2) is 11.4 Å². The van der Waals surface area contributed by atoms with Crippen molar-refractivity contribution in [3.8, 4) is 0 Å². The fourth-order valence-corrected chi connectivity index (χ4v) is 4.24. The fourth-order valence-electron chi connectivity index (χ4n) is 3.63. The number of fused-ring (bicyclic) bond motifs is 1. The van der Waals surface area contributed by atoms with Gasteiger partial charge in [0.25, 0.3) is 0 Å². The zero-order valence-electron chi connectivity index (χ0n) is 16.1.